The summed E-state index contributed by atoms with van der Waals surface area (Å²) in [5.41, 5.74) is 0. The van der Waals surface area contributed by atoms with Crippen LogP contribution in [0.4, 0.5) is 0 Å². The maximum absolute atomic E-state index is 4.13. The molecule has 9 aliphatic heterocycles. The van der Waals surface area contributed by atoms with Crippen LogP contribution in [-0.2, 0) is 0 Å². The lowest BCUT2D eigenvalue weighted by atomic mass is 9.90. The largest absolute Gasteiger partial charge is 1.00 e. The SMILES string of the molecule is C1CNC2C3NC4NC(NC5[NH2+]C(NC6NC(NC([NH2+]3)C2C1)C1NCCNC61)C1NCCNC51)C1NCCNC41.[I-].[I-]. The normalized spacial score (nSPS) is 54.9. The van der Waals surface area contributed by atoms with E-state index in [1.165, 1.54) is 12.8 Å². The monoisotopic (exact) mass is 815 g/mol. The molecule has 240 valence electrons. The second-order valence-corrected chi connectivity index (χ2v) is 13.6. The highest BCUT2D eigenvalue weighted by Crippen LogP contribution is 2.26. The molecule has 9 aliphatic rings. The molecular weight excluding hydrogens is 764 g/mol. The molecule has 9 saturated heterocycles. The minimum atomic E-state index is 0. The van der Waals surface area contributed by atoms with Crippen molar-refractivity contribution in [2.24, 2.45) is 5.92 Å². The van der Waals surface area contributed by atoms with Gasteiger partial charge >= 0.3 is 0 Å². The van der Waals surface area contributed by atoms with Gasteiger partial charge in [0.1, 0.15) is 6.17 Å². The fraction of sp³-hybridized carbons (Fsp3) is 1.00. The molecule has 0 amide bonds. The Morgan fingerprint density at radius 1 is 0.357 bits per heavy atom. The average molecular weight is 816 g/mol. The first-order valence-electron chi connectivity index (χ1n) is 16.2. The van der Waals surface area contributed by atoms with Gasteiger partial charge in [-0.2, -0.15) is 0 Å². The summed E-state index contributed by atoms with van der Waals surface area (Å²) in [4.78, 5) is 0. The van der Waals surface area contributed by atoms with E-state index >= 15 is 0 Å². The van der Waals surface area contributed by atoms with Crippen molar-refractivity contribution in [3.8, 4) is 0 Å². The van der Waals surface area contributed by atoms with Crippen LogP contribution in [0, 0.1) is 5.92 Å². The zero-order chi connectivity index (χ0) is 26.2. The molecule has 16 unspecified atom stereocenters. The van der Waals surface area contributed by atoms with Gasteiger partial charge in [-0.25, -0.2) is 16.0 Å². The van der Waals surface area contributed by atoms with Gasteiger partial charge in [-0.1, -0.05) is 0 Å². The molecule has 0 aliphatic carbocycles. The summed E-state index contributed by atoms with van der Waals surface area (Å²) < 4.78 is 0. The third kappa shape index (κ3) is 5.48. The molecule has 17 N–H and O–H groups in total. The maximum Gasteiger partial charge on any atom is 0.159 e. The van der Waals surface area contributed by atoms with Crippen molar-refractivity contribution in [1.82, 2.24) is 69.1 Å². The molecule has 9 rings (SSSR count). The van der Waals surface area contributed by atoms with Crippen molar-refractivity contribution in [3.63, 3.8) is 0 Å². The quantitative estimate of drug-likeness (QED) is 0.104. The highest BCUT2D eigenvalue weighted by atomic mass is 127. The molecule has 17 heteroatoms. The van der Waals surface area contributed by atoms with Crippen molar-refractivity contribution < 1.29 is 58.6 Å². The van der Waals surface area contributed by atoms with Crippen LogP contribution < -0.4 is 128 Å². The predicted molar refractivity (Wildman–Crippen MR) is 148 cm³/mol. The molecule has 0 spiro atoms. The number of hydrogen-bond donors (Lipinski definition) is 15. The van der Waals surface area contributed by atoms with Crippen LogP contribution >= 0.6 is 0 Å². The van der Waals surface area contributed by atoms with Crippen molar-refractivity contribution in [3.05, 3.63) is 0 Å². The fourth-order valence-electron chi connectivity index (χ4n) is 9.77. The topological polar surface area (TPSA) is 190 Å². The zero-order valence-corrected chi connectivity index (χ0v) is 28.3. The fourth-order valence-corrected chi connectivity index (χ4v) is 9.77. The summed E-state index contributed by atoms with van der Waals surface area (Å²) in [5.74, 6) is 0.594. The number of nitrogens with one attached hydrogen (secondary N) is 13. The van der Waals surface area contributed by atoms with E-state index in [4.69, 9.17) is 0 Å². The second-order valence-electron chi connectivity index (χ2n) is 13.6. The molecule has 0 aromatic rings. The number of nitrogens with two attached hydrogens (primary N) is 2. The number of quaternary nitrogens is 2. The standard InChI is InChI=1S/C25H49N15.2HI/c1-2-10-11(26-3-1)19-33-18(10)34-20-12-13(28-5-4-27-12)22(36-20)38-24-16-17(32-9-8-31-16)25(40-24)39-23-15-14(21(35-19)37-23)29-6-7-30-15;;/h10-40H,1-9H2;2*1H. The number of rotatable bonds is 0. The number of hydrogen-bond acceptors (Lipinski definition) is 13. The molecule has 0 aromatic heterocycles. The van der Waals surface area contributed by atoms with Crippen molar-refractivity contribution in [2.45, 2.75) is 104 Å². The third-order valence-corrected chi connectivity index (χ3v) is 11.5. The third-order valence-electron chi connectivity index (χ3n) is 11.5. The lowest BCUT2D eigenvalue weighted by Crippen LogP contribution is -3.00. The minimum Gasteiger partial charge on any atom is -1.00 e. The number of halogens is 2. The van der Waals surface area contributed by atoms with Crippen molar-refractivity contribution in [1.29, 1.82) is 0 Å². The first-order valence-corrected chi connectivity index (χ1v) is 16.2. The molecule has 0 saturated carbocycles. The van der Waals surface area contributed by atoms with Crippen LogP contribution in [0.3, 0.4) is 0 Å². The van der Waals surface area contributed by atoms with Gasteiger partial charge in [0.15, 0.2) is 18.5 Å². The van der Waals surface area contributed by atoms with Gasteiger partial charge in [-0.3, -0.25) is 16.0 Å². The molecule has 8 bridgehead atoms. The highest BCUT2D eigenvalue weighted by molar-refractivity contribution is 5.12. The van der Waals surface area contributed by atoms with E-state index < -0.39 is 0 Å². The smallest absolute Gasteiger partial charge is 0.159 e. The minimum absolute atomic E-state index is 0. The Hall–Kier alpha value is 0.860. The number of piperazine rings is 3. The molecule has 16 atom stereocenters. The summed E-state index contributed by atoms with van der Waals surface area (Å²) in [6.07, 6.45) is 4.50. The Bertz CT molecular complexity index is 730. The second kappa shape index (κ2) is 13.2. The van der Waals surface area contributed by atoms with Gasteiger partial charge in [-0.05, 0) is 19.4 Å². The molecule has 9 fully saturated rings. The van der Waals surface area contributed by atoms with E-state index in [9.17, 15) is 0 Å². The first-order chi connectivity index (χ1) is 19.8. The van der Waals surface area contributed by atoms with E-state index in [1.807, 2.05) is 0 Å². The summed E-state index contributed by atoms with van der Waals surface area (Å²) in [6.45, 7) is 7.15. The first kappa shape index (κ1) is 31.5. The Morgan fingerprint density at radius 2 is 0.714 bits per heavy atom. The zero-order valence-electron chi connectivity index (χ0n) is 24.0. The molecule has 0 radical (unpaired) electrons. The Labute approximate surface area is 282 Å². The lowest BCUT2D eigenvalue weighted by Gasteiger charge is -2.35. The Kier molecular flexibility index (Phi) is 9.86. The Morgan fingerprint density at radius 3 is 1.19 bits per heavy atom. The molecule has 15 nitrogen and oxygen atoms in total. The predicted octanol–water partition coefficient (Wildman–Crippen LogP) is -15.5. The summed E-state index contributed by atoms with van der Waals surface area (Å²) in [6, 6.07) is 2.51. The highest BCUT2D eigenvalue weighted by Gasteiger charge is 2.57. The van der Waals surface area contributed by atoms with E-state index in [2.05, 4.69) is 79.8 Å². The van der Waals surface area contributed by atoms with Gasteiger partial charge in [0, 0.05) is 45.2 Å². The van der Waals surface area contributed by atoms with E-state index in [0.717, 1.165) is 45.8 Å². The van der Waals surface area contributed by atoms with Gasteiger partial charge < -0.3 is 95.8 Å². The van der Waals surface area contributed by atoms with Crippen LogP contribution in [-0.4, -0.2) is 137 Å². The molecule has 42 heavy (non-hydrogen) atoms. The lowest BCUT2D eigenvalue weighted by molar-refractivity contribution is -0.715. The summed E-state index contributed by atoms with van der Waals surface area (Å²) in [7, 11) is 0. The molecule has 9 heterocycles. The van der Waals surface area contributed by atoms with Crippen LogP contribution in [0.5, 0.6) is 0 Å². The number of piperidine rings is 1. The van der Waals surface area contributed by atoms with Crippen molar-refractivity contribution >= 4 is 0 Å². The molecular formula is C25H51I2N15. The van der Waals surface area contributed by atoms with E-state index in [0.29, 0.717) is 60.5 Å². The van der Waals surface area contributed by atoms with Crippen LogP contribution in [0.2, 0.25) is 0 Å². The number of fused-ring (bicyclic) bond motifs is 20. The molecule has 0 aromatic carbocycles. The summed E-state index contributed by atoms with van der Waals surface area (Å²) in [5, 5.41) is 56.6. The van der Waals surface area contributed by atoms with E-state index in [-0.39, 0.29) is 84.9 Å². The van der Waals surface area contributed by atoms with Gasteiger partial charge in [-0.15, -0.1) is 0 Å². The van der Waals surface area contributed by atoms with Gasteiger partial charge in [0.2, 0.25) is 0 Å². The maximum atomic E-state index is 4.13. The summed E-state index contributed by atoms with van der Waals surface area (Å²) >= 11 is 0. The van der Waals surface area contributed by atoms with Gasteiger partial charge in [0.25, 0.3) is 0 Å². The van der Waals surface area contributed by atoms with Gasteiger partial charge in [0.05, 0.1) is 67.0 Å². The Balaban J connectivity index is 0.00000144. The van der Waals surface area contributed by atoms with Crippen LogP contribution in [0.1, 0.15) is 12.8 Å². The van der Waals surface area contributed by atoms with E-state index in [1.54, 1.807) is 0 Å². The average Bonchev–Trinajstić information content (AvgIpc) is 3.73. The van der Waals surface area contributed by atoms with Crippen LogP contribution in [0.25, 0.3) is 0 Å². The van der Waals surface area contributed by atoms with Crippen LogP contribution in [0.15, 0.2) is 0 Å². The van der Waals surface area contributed by atoms with Crippen molar-refractivity contribution in [2.75, 3.05) is 45.8 Å².